The van der Waals surface area contributed by atoms with Crippen molar-refractivity contribution in [2.24, 2.45) is 0 Å². The van der Waals surface area contributed by atoms with Crippen LogP contribution in [0.5, 0.6) is 0 Å². The normalized spacial score (nSPS) is 18.9. The summed E-state index contributed by atoms with van der Waals surface area (Å²) in [6, 6.07) is 0. The molecule has 0 atom stereocenters. The van der Waals surface area contributed by atoms with Crippen LogP contribution in [0.4, 0.5) is 0 Å². The predicted molar refractivity (Wildman–Crippen MR) is 28.7 cm³/mol. The van der Waals surface area contributed by atoms with Crippen molar-refractivity contribution < 1.29 is 26.6 Å². The first-order chi connectivity index (χ1) is 4.25. The summed E-state index contributed by atoms with van der Waals surface area (Å²) in [7, 11) is 4.68. The van der Waals surface area contributed by atoms with Crippen LogP contribution in [-0.2, 0) is 26.6 Å². The molecule has 0 aromatic heterocycles. The van der Waals surface area contributed by atoms with Crippen molar-refractivity contribution in [2.75, 3.05) is 0 Å². The van der Waals surface area contributed by atoms with E-state index in [1.165, 1.54) is 3.46 Å². The minimum absolute atomic E-state index is 0.0719. The van der Waals surface area contributed by atoms with Crippen LogP contribution in [0.3, 0.4) is 0 Å². The molecule has 1 aliphatic heterocycles. The number of imide groups is 1. The molecule has 0 aromatic rings. The van der Waals surface area contributed by atoms with E-state index in [2.05, 4.69) is 9.82 Å². The van der Waals surface area contributed by atoms with E-state index in [1.54, 1.807) is 0 Å². The molecule has 0 unspecified atom stereocenters. The van der Waals surface area contributed by atoms with Gasteiger partial charge in [-0.25, -0.2) is 0 Å². The van der Waals surface area contributed by atoms with E-state index >= 15 is 0 Å². The van der Waals surface area contributed by atoms with Crippen LogP contribution in [0.1, 0.15) is 12.8 Å². The molecule has 1 fully saturated rings. The van der Waals surface area contributed by atoms with Crippen LogP contribution in [0.2, 0.25) is 0 Å². The van der Waals surface area contributed by atoms with Gasteiger partial charge in [0.05, 0.1) is 0 Å². The topological polar surface area (TPSA) is 37.4 Å². The van der Waals surface area contributed by atoms with E-state index in [0.717, 1.165) is 0 Å². The number of amides is 2. The van der Waals surface area contributed by atoms with Crippen molar-refractivity contribution >= 4 is 21.6 Å². The van der Waals surface area contributed by atoms with Gasteiger partial charge in [-0.3, -0.25) is 0 Å². The molecule has 1 aliphatic rings. The van der Waals surface area contributed by atoms with Crippen LogP contribution < -0.4 is 0 Å². The number of hydrogen-bond acceptors (Lipinski definition) is 3. The Labute approximate surface area is 64.7 Å². The summed E-state index contributed by atoms with van der Waals surface area (Å²) in [5.74, 6) is -0.144. The number of hydrogen-bond donors (Lipinski definition) is 0. The number of nitrogens with zero attached hydrogens (tertiary/aromatic N) is 1. The first kappa shape index (κ1) is 7.16. The van der Waals surface area contributed by atoms with Crippen LogP contribution in [0, 0.1) is 0 Å². The number of rotatable bonds is 1. The summed E-state index contributed by atoms with van der Waals surface area (Å²) in [6.45, 7) is 0. The number of carbonyl (C=O) groups excluding carboxylic acids is 2. The summed E-state index contributed by atoms with van der Waals surface area (Å²) in [5.41, 5.74) is 0. The van der Waals surface area contributed by atoms with Gasteiger partial charge < -0.3 is 0 Å². The Morgan fingerprint density at radius 3 is 2.00 bits per heavy atom. The Bertz CT molecular complexity index is 165. The first-order valence-electron chi connectivity index (χ1n) is 2.41. The average Bonchev–Trinajstić information content (AvgIpc) is 2.12. The summed E-state index contributed by atoms with van der Waals surface area (Å²) in [6.07, 6.45) is 0.750. The van der Waals surface area contributed by atoms with Gasteiger partial charge >= 0.3 is 64.5 Å². The Kier molecular flexibility index (Phi) is 2.19. The van der Waals surface area contributed by atoms with Crippen molar-refractivity contribution in [3.05, 3.63) is 0 Å². The van der Waals surface area contributed by atoms with Crippen LogP contribution in [0.15, 0.2) is 0 Å². The molecule has 49 valence electrons. The SMILES string of the molecule is O=C1CCC(=O)[N]1[Mo]=[S]. The molecule has 0 aromatic carbocycles. The second-order valence-corrected chi connectivity index (χ2v) is 3.80. The quantitative estimate of drug-likeness (QED) is 0.475. The van der Waals surface area contributed by atoms with Crippen molar-refractivity contribution in [2.45, 2.75) is 12.8 Å². The third-order valence-electron chi connectivity index (χ3n) is 1.08. The van der Waals surface area contributed by atoms with E-state index in [4.69, 9.17) is 0 Å². The maximum atomic E-state index is 10.7. The van der Waals surface area contributed by atoms with Gasteiger partial charge in [-0.2, -0.15) is 0 Å². The summed E-state index contributed by atoms with van der Waals surface area (Å²) in [5, 5.41) is 0. The molecule has 2 amide bonds. The van der Waals surface area contributed by atoms with E-state index < -0.39 is 17.0 Å². The molecule has 0 bridgehead atoms. The summed E-state index contributed by atoms with van der Waals surface area (Å²) < 4.78 is 1.24. The van der Waals surface area contributed by atoms with E-state index in [9.17, 15) is 9.59 Å². The molecule has 5 heteroatoms. The minimum atomic E-state index is -0.917. The maximum absolute atomic E-state index is 10.7. The number of carbonyl (C=O) groups is 2. The zero-order valence-corrected chi connectivity index (χ0v) is 7.32. The molecule has 1 saturated heterocycles. The van der Waals surface area contributed by atoms with Gasteiger partial charge in [-0.1, -0.05) is 0 Å². The average molecular weight is 226 g/mol. The molecule has 0 radical (unpaired) electrons. The van der Waals surface area contributed by atoms with E-state index in [0.29, 0.717) is 12.8 Å². The monoisotopic (exact) mass is 228 g/mol. The van der Waals surface area contributed by atoms with Gasteiger partial charge in [-0.05, 0) is 0 Å². The second kappa shape index (κ2) is 2.75. The third-order valence-corrected chi connectivity index (χ3v) is 3.33. The molecule has 0 saturated carbocycles. The van der Waals surface area contributed by atoms with Gasteiger partial charge in [-0.15, -0.1) is 0 Å². The Balaban J connectivity index is 2.77. The van der Waals surface area contributed by atoms with Gasteiger partial charge in [0.15, 0.2) is 0 Å². The van der Waals surface area contributed by atoms with E-state index in [-0.39, 0.29) is 11.8 Å². The first-order valence-corrected chi connectivity index (χ1v) is 6.10. The zero-order valence-electron chi connectivity index (χ0n) is 4.49. The van der Waals surface area contributed by atoms with Crippen molar-refractivity contribution in [1.82, 2.24) is 3.46 Å². The molecule has 3 nitrogen and oxygen atoms in total. The Hall–Kier alpha value is 0.0483. The fraction of sp³-hybridized carbons (Fsp3) is 0.500. The van der Waals surface area contributed by atoms with Gasteiger partial charge in [0.25, 0.3) is 0 Å². The molecule has 0 spiro atoms. The fourth-order valence-corrected chi connectivity index (χ4v) is 2.48. The fourth-order valence-electron chi connectivity index (χ4n) is 0.639. The molecule has 1 rings (SSSR count). The standard InChI is InChI=1S/C4H5NO2.Mo.S/c6-3-1-2-4(7)5-3;;/h1-2H2,(H,5,6,7);;/q;+1;/p-1. The van der Waals surface area contributed by atoms with Gasteiger partial charge in [0.2, 0.25) is 0 Å². The van der Waals surface area contributed by atoms with Crippen molar-refractivity contribution in [1.29, 1.82) is 0 Å². The molecule has 0 N–H and O–H groups in total. The zero-order chi connectivity index (χ0) is 6.85. The van der Waals surface area contributed by atoms with Gasteiger partial charge in [0, 0.05) is 0 Å². The van der Waals surface area contributed by atoms with Crippen molar-refractivity contribution in [3.63, 3.8) is 0 Å². The molecule has 9 heavy (non-hydrogen) atoms. The third kappa shape index (κ3) is 1.30. The van der Waals surface area contributed by atoms with Gasteiger partial charge in [0.1, 0.15) is 0 Å². The molecule has 1 heterocycles. The molecular formula is C4H4MoNO2S. The van der Waals surface area contributed by atoms with Crippen LogP contribution >= 0.6 is 9.82 Å². The summed E-state index contributed by atoms with van der Waals surface area (Å²) >= 11 is -0.917. The Morgan fingerprint density at radius 1 is 1.33 bits per heavy atom. The second-order valence-electron chi connectivity index (χ2n) is 1.66. The molecule has 0 aliphatic carbocycles. The molecular weight excluding hydrogens is 222 g/mol. The summed E-state index contributed by atoms with van der Waals surface area (Å²) in [4.78, 5) is 21.4. The van der Waals surface area contributed by atoms with E-state index in [1.807, 2.05) is 0 Å². The van der Waals surface area contributed by atoms with Crippen molar-refractivity contribution in [3.8, 4) is 0 Å². The Morgan fingerprint density at radius 2 is 1.78 bits per heavy atom. The van der Waals surface area contributed by atoms with Crippen LogP contribution in [0.25, 0.3) is 0 Å². The van der Waals surface area contributed by atoms with Crippen LogP contribution in [-0.4, -0.2) is 15.3 Å². The predicted octanol–water partition coefficient (Wildman–Crippen LogP) is 0.245.